The molecule has 4 heterocycles. The Morgan fingerprint density at radius 2 is 1.64 bits per heavy atom. The average Bonchev–Trinajstić information content (AvgIpc) is 3.35. The van der Waals surface area contributed by atoms with Gasteiger partial charge < -0.3 is 63.0 Å². The standard InChI is InChI=1S/C55H93N5O15/c1-15-42-55(11,66)47(62)34(4)44(59-68-27-21-24-39-22-17-16-18-23-39)32(2)29-53(9,65)48(35(5)45(36(6)50(63)72-42)73-43-30-54(10,67-14)49(37(7)70-43)71-38(8)61)75-51-46(41(60(12)13)28-33(3)69-51)74-52(64)58-57-31-40-25-19-20-26-56-40/h19-20,25-26,32-37,39,41-43,45-49,51,57,62,65-66H,15-18,21-24,27-31H2,1-14H3,(H,58,64)/b59-44+/t32-,33-,34+,35+,36-,37+,41+,42-,43+,45+,46-,47-,48-,49+,51+,53?,54-,55-/m1/s1. The molecule has 1 aliphatic carbocycles. The van der Waals surface area contributed by atoms with E-state index in [-0.39, 0.29) is 25.8 Å². The van der Waals surface area contributed by atoms with E-state index >= 15 is 0 Å². The van der Waals surface area contributed by atoms with E-state index in [4.69, 9.17) is 42.7 Å². The summed E-state index contributed by atoms with van der Waals surface area (Å²) in [5, 5.41) is 42.5. The van der Waals surface area contributed by atoms with Crippen LogP contribution in [0.2, 0.25) is 0 Å². The molecule has 3 saturated heterocycles. The summed E-state index contributed by atoms with van der Waals surface area (Å²) in [4.78, 5) is 53.1. The number of aliphatic hydroxyl groups is 3. The van der Waals surface area contributed by atoms with Crippen molar-refractivity contribution in [2.75, 3.05) is 27.8 Å². The SMILES string of the molecule is CC[C@H]1OC(=O)[C@H](C)[C@@H](O[C@H]2C[C@@](C)(OC)[C@@H](OC(C)=O)[C@H](C)O2)[C@H](C)[C@@H](O[C@@H]2O[C@H](C)C[C@H](N(C)C)[C@H]2OC(=O)NNCc2ccccn2)C(C)(O)C[C@@H](C)/C(=N\OCCCC2CCCCC2)[C@H](C)[C@@H](O)[C@]1(C)O. The van der Waals surface area contributed by atoms with Gasteiger partial charge in [0.25, 0.3) is 0 Å². The number of pyridine rings is 1. The molecule has 1 amide bonds. The van der Waals surface area contributed by atoms with Crippen molar-refractivity contribution in [1.29, 1.82) is 0 Å². The molecular formula is C55H93N5O15. The monoisotopic (exact) mass is 1060 g/mol. The fraction of sp³-hybridized carbons (Fsp3) is 0.836. The molecule has 5 N–H and O–H groups in total. The largest absolute Gasteiger partial charge is 0.459 e. The lowest BCUT2D eigenvalue weighted by atomic mass is 9.73. The van der Waals surface area contributed by atoms with Gasteiger partial charge in [-0.2, -0.15) is 0 Å². The lowest BCUT2D eigenvalue weighted by Gasteiger charge is -2.49. The van der Waals surface area contributed by atoms with E-state index in [1.54, 1.807) is 60.7 Å². The summed E-state index contributed by atoms with van der Waals surface area (Å²) in [6.07, 6.45) is -1.12. The summed E-state index contributed by atoms with van der Waals surface area (Å²) in [7, 11) is 5.24. The fourth-order valence-corrected chi connectivity index (χ4v) is 12.0. The van der Waals surface area contributed by atoms with Crippen LogP contribution in [-0.2, 0) is 58.9 Å². The van der Waals surface area contributed by atoms with E-state index in [1.807, 2.05) is 45.0 Å². The number of methoxy groups -OCH3 is 1. The Balaban J connectivity index is 1.59. The second-order valence-corrected chi connectivity index (χ2v) is 22.8. The number of amides is 1. The van der Waals surface area contributed by atoms with Crippen LogP contribution in [0.1, 0.15) is 152 Å². The zero-order chi connectivity index (χ0) is 55.4. The first kappa shape index (κ1) is 62.3. The molecule has 0 bridgehead atoms. The predicted molar refractivity (Wildman–Crippen MR) is 278 cm³/mol. The maximum Gasteiger partial charge on any atom is 0.422 e. The van der Waals surface area contributed by atoms with Crippen LogP contribution in [0.3, 0.4) is 0 Å². The third kappa shape index (κ3) is 16.5. The van der Waals surface area contributed by atoms with Gasteiger partial charge in [0.05, 0.1) is 66.0 Å². The zero-order valence-corrected chi connectivity index (χ0v) is 47.3. The molecule has 4 fully saturated rings. The lowest BCUT2D eigenvalue weighted by Crippen LogP contribution is -2.62. The zero-order valence-electron chi connectivity index (χ0n) is 47.3. The summed E-state index contributed by atoms with van der Waals surface area (Å²) < 4.78 is 51.2. The molecule has 1 aromatic rings. The van der Waals surface area contributed by atoms with Gasteiger partial charge in [-0.15, -0.1) is 0 Å². The van der Waals surface area contributed by atoms with Gasteiger partial charge in [-0.05, 0) is 106 Å². The average molecular weight is 1060 g/mol. The quantitative estimate of drug-likeness (QED) is 0.0493. The summed E-state index contributed by atoms with van der Waals surface area (Å²) >= 11 is 0. The van der Waals surface area contributed by atoms with Gasteiger partial charge >= 0.3 is 18.0 Å². The van der Waals surface area contributed by atoms with Crippen molar-refractivity contribution in [1.82, 2.24) is 20.7 Å². The number of carbonyl (C=O) groups is 3. The first-order valence-electron chi connectivity index (χ1n) is 27.5. The topological polar surface area (TPSA) is 248 Å². The summed E-state index contributed by atoms with van der Waals surface area (Å²) in [6, 6.07) is 5.02. The van der Waals surface area contributed by atoms with Crippen molar-refractivity contribution in [3.05, 3.63) is 30.1 Å². The minimum absolute atomic E-state index is 0.0418. The number of cyclic esters (lactones) is 1. The summed E-state index contributed by atoms with van der Waals surface area (Å²) in [5.41, 5.74) is 1.62. The summed E-state index contributed by atoms with van der Waals surface area (Å²) in [5.74, 6) is -4.17. The van der Waals surface area contributed by atoms with Crippen LogP contribution >= 0.6 is 0 Å². The van der Waals surface area contributed by atoms with E-state index in [1.165, 1.54) is 53.1 Å². The molecule has 0 aromatic carbocycles. The Kier molecular flexibility index (Phi) is 23.1. The normalized spacial score (nSPS) is 39.3. The molecule has 20 nitrogen and oxygen atoms in total. The number of aliphatic hydroxyl groups excluding tert-OH is 1. The molecule has 428 valence electrons. The molecule has 20 heteroatoms. The maximum atomic E-state index is 14.8. The first-order chi connectivity index (χ1) is 35.3. The van der Waals surface area contributed by atoms with Crippen LogP contribution in [0.5, 0.6) is 0 Å². The Morgan fingerprint density at radius 1 is 0.933 bits per heavy atom. The highest BCUT2D eigenvalue weighted by molar-refractivity contribution is 5.88. The van der Waals surface area contributed by atoms with Crippen molar-refractivity contribution in [2.45, 2.75) is 238 Å². The van der Waals surface area contributed by atoms with Crippen molar-refractivity contribution < 1.29 is 72.4 Å². The number of hydrogen-bond acceptors (Lipinski definition) is 19. The van der Waals surface area contributed by atoms with Crippen LogP contribution in [0, 0.1) is 29.6 Å². The van der Waals surface area contributed by atoms with E-state index < -0.39 is 126 Å². The number of carbonyl (C=O) groups excluding carboxylic acids is 3. The number of rotatable bonds is 17. The van der Waals surface area contributed by atoms with Crippen molar-refractivity contribution in [3.8, 4) is 0 Å². The fourth-order valence-electron chi connectivity index (χ4n) is 12.0. The van der Waals surface area contributed by atoms with Crippen molar-refractivity contribution in [3.63, 3.8) is 0 Å². The second kappa shape index (κ2) is 27.8. The van der Waals surface area contributed by atoms with Gasteiger partial charge in [0.1, 0.15) is 23.9 Å². The highest BCUT2D eigenvalue weighted by atomic mass is 16.7. The molecule has 1 aromatic heterocycles. The molecule has 75 heavy (non-hydrogen) atoms. The van der Waals surface area contributed by atoms with E-state index in [0.29, 0.717) is 30.4 Å². The van der Waals surface area contributed by atoms with Crippen LogP contribution in [0.15, 0.2) is 29.6 Å². The lowest BCUT2D eigenvalue weighted by molar-refractivity contribution is -0.318. The number of esters is 2. The molecule has 4 aliphatic rings. The Bertz CT molecular complexity index is 1970. The van der Waals surface area contributed by atoms with Crippen LogP contribution in [0.25, 0.3) is 0 Å². The van der Waals surface area contributed by atoms with Gasteiger partial charge in [-0.3, -0.25) is 20.0 Å². The number of oxime groups is 1. The van der Waals surface area contributed by atoms with Gasteiger partial charge in [-0.1, -0.05) is 71.0 Å². The molecule has 5 rings (SSSR count). The van der Waals surface area contributed by atoms with E-state index in [2.05, 4.69) is 21.0 Å². The van der Waals surface area contributed by atoms with E-state index in [9.17, 15) is 29.7 Å². The molecule has 1 unspecified atom stereocenters. The Hall–Kier alpha value is -3.57. The highest BCUT2D eigenvalue weighted by Gasteiger charge is 2.55. The third-order valence-corrected chi connectivity index (χ3v) is 16.3. The molecule has 0 spiro atoms. The number of hydrogen-bond donors (Lipinski definition) is 5. The summed E-state index contributed by atoms with van der Waals surface area (Å²) in [6.45, 7) is 19.1. The van der Waals surface area contributed by atoms with Crippen LogP contribution in [0.4, 0.5) is 4.79 Å². The smallest absolute Gasteiger partial charge is 0.422 e. The maximum absolute atomic E-state index is 14.8. The third-order valence-electron chi connectivity index (χ3n) is 16.3. The number of aromatic nitrogens is 1. The van der Waals surface area contributed by atoms with Crippen LogP contribution in [-0.4, -0.2) is 161 Å². The van der Waals surface area contributed by atoms with Gasteiger partial charge in [0.2, 0.25) is 0 Å². The highest BCUT2D eigenvalue weighted by Crippen LogP contribution is 2.42. The Morgan fingerprint density at radius 3 is 2.27 bits per heavy atom. The first-order valence-corrected chi connectivity index (χ1v) is 27.5. The van der Waals surface area contributed by atoms with Gasteiger partial charge in [0, 0.05) is 44.4 Å². The van der Waals surface area contributed by atoms with Gasteiger partial charge in [0.15, 0.2) is 24.8 Å². The molecule has 18 atom stereocenters. The molecule has 1 saturated carbocycles. The minimum Gasteiger partial charge on any atom is -0.459 e. The molecule has 0 radical (unpaired) electrons. The van der Waals surface area contributed by atoms with Gasteiger partial charge in [-0.25, -0.2) is 10.2 Å². The van der Waals surface area contributed by atoms with Crippen LogP contribution < -0.4 is 10.9 Å². The predicted octanol–water partition coefficient (Wildman–Crippen LogP) is 6.35. The van der Waals surface area contributed by atoms with Crippen molar-refractivity contribution in [2.24, 2.45) is 34.7 Å². The number of nitrogens with zero attached hydrogens (tertiary/aromatic N) is 3. The molecule has 3 aliphatic heterocycles. The number of nitrogens with one attached hydrogen (secondary N) is 2. The van der Waals surface area contributed by atoms with E-state index in [0.717, 1.165) is 12.8 Å². The molecular weight excluding hydrogens is 971 g/mol. The number of likely N-dealkylation sites (N-methyl/N-ethyl adjacent to an activating group) is 1. The number of hydrazine groups is 1. The van der Waals surface area contributed by atoms with Crippen molar-refractivity contribution >= 4 is 23.7 Å². The second-order valence-electron chi connectivity index (χ2n) is 22.8. The Labute approximate surface area is 445 Å². The number of ether oxygens (including phenoxy) is 8. The minimum atomic E-state index is -1.98.